The average molecular weight is 505 g/mol. The van der Waals surface area contributed by atoms with Gasteiger partial charge in [0, 0.05) is 20.9 Å². The van der Waals surface area contributed by atoms with E-state index >= 15 is 0 Å². The second-order valence-electron chi connectivity index (χ2n) is 8.44. The molecule has 3 aromatic heterocycles. The Morgan fingerprint density at radius 2 is 1.62 bits per heavy atom. The SMILES string of the molecule is CCCCCCCCOc1ccc(-c2ccsc2-c2cc(-c3cccs3)c3nsnc3c2)cc1. The van der Waals surface area contributed by atoms with Crippen molar-refractivity contribution in [3.63, 3.8) is 0 Å². The summed E-state index contributed by atoms with van der Waals surface area (Å²) in [7, 11) is 0. The number of nitrogens with zero attached hydrogens (tertiary/aromatic N) is 2. The van der Waals surface area contributed by atoms with E-state index in [-0.39, 0.29) is 0 Å². The van der Waals surface area contributed by atoms with Crippen molar-refractivity contribution in [3.8, 4) is 37.8 Å². The van der Waals surface area contributed by atoms with Crippen LogP contribution in [0.5, 0.6) is 5.75 Å². The van der Waals surface area contributed by atoms with E-state index in [1.807, 2.05) is 0 Å². The van der Waals surface area contributed by atoms with E-state index in [1.54, 1.807) is 22.7 Å². The largest absolute Gasteiger partial charge is 0.494 e. The summed E-state index contributed by atoms with van der Waals surface area (Å²) < 4.78 is 15.1. The van der Waals surface area contributed by atoms with Crippen LogP contribution in [0.2, 0.25) is 0 Å². The van der Waals surface area contributed by atoms with E-state index in [2.05, 4.69) is 81.0 Å². The number of thiophene rings is 2. The minimum Gasteiger partial charge on any atom is -0.494 e. The maximum atomic E-state index is 5.99. The van der Waals surface area contributed by atoms with Crippen molar-refractivity contribution >= 4 is 45.4 Å². The molecular weight excluding hydrogens is 477 g/mol. The number of aromatic nitrogens is 2. The number of unbranched alkanes of at least 4 members (excludes halogenated alkanes) is 5. The third-order valence-corrected chi connectivity index (χ3v) is 8.42. The highest BCUT2D eigenvalue weighted by Crippen LogP contribution is 2.41. The first-order chi connectivity index (χ1) is 16.8. The number of benzene rings is 2. The van der Waals surface area contributed by atoms with Gasteiger partial charge in [-0.2, -0.15) is 8.75 Å². The molecule has 0 saturated heterocycles. The van der Waals surface area contributed by atoms with Crippen LogP contribution in [0.25, 0.3) is 43.0 Å². The van der Waals surface area contributed by atoms with Crippen LogP contribution in [-0.2, 0) is 0 Å². The lowest BCUT2D eigenvalue weighted by Gasteiger charge is -2.09. The van der Waals surface area contributed by atoms with Gasteiger partial charge in [-0.15, -0.1) is 22.7 Å². The van der Waals surface area contributed by atoms with Gasteiger partial charge >= 0.3 is 0 Å². The highest BCUT2D eigenvalue weighted by Gasteiger charge is 2.15. The molecule has 3 heterocycles. The molecule has 0 saturated carbocycles. The molecule has 5 rings (SSSR count). The Morgan fingerprint density at radius 3 is 2.44 bits per heavy atom. The summed E-state index contributed by atoms with van der Waals surface area (Å²) in [5.41, 5.74) is 6.75. The summed E-state index contributed by atoms with van der Waals surface area (Å²) >= 11 is 4.79. The highest BCUT2D eigenvalue weighted by atomic mass is 32.1. The monoisotopic (exact) mass is 504 g/mol. The highest BCUT2D eigenvalue weighted by molar-refractivity contribution is 7.14. The number of hydrogen-bond acceptors (Lipinski definition) is 6. The van der Waals surface area contributed by atoms with Gasteiger partial charge in [0.05, 0.1) is 18.3 Å². The van der Waals surface area contributed by atoms with Crippen molar-refractivity contribution in [2.75, 3.05) is 6.61 Å². The Hall–Kier alpha value is -2.54. The molecule has 0 aliphatic rings. The van der Waals surface area contributed by atoms with Crippen molar-refractivity contribution in [1.29, 1.82) is 0 Å². The Labute approximate surface area is 213 Å². The van der Waals surface area contributed by atoms with Gasteiger partial charge in [-0.05, 0) is 64.7 Å². The third kappa shape index (κ3) is 5.24. The molecular formula is C28H28N2OS3. The first-order valence-corrected chi connectivity index (χ1v) is 14.4. The molecule has 0 aliphatic carbocycles. The molecule has 34 heavy (non-hydrogen) atoms. The van der Waals surface area contributed by atoms with Gasteiger partial charge in [0.25, 0.3) is 0 Å². The molecule has 174 valence electrons. The van der Waals surface area contributed by atoms with E-state index in [4.69, 9.17) is 4.74 Å². The lowest BCUT2D eigenvalue weighted by molar-refractivity contribution is 0.304. The van der Waals surface area contributed by atoms with Crippen LogP contribution < -0.4 is 4.74 Å². The number of rotatable bonds is 11. The molecule has 0 atom stereocenters. The topological polar surface area (TPSA) is 35.0 Å². The van der Waals surface area contributed by atoms with Crippen molar-refractivity contribution < 1.29 is 4.74 Å². The summed E-state index contributed by atoms with van der Waals surface area (Å²) in [5, 5.41) is 4.28. The third-order valence-electron chi connectivity index (χ3n) is 6.01. The van der Waals surface area contributed by atoms with Gasteiger partial charge in [-0.1, -0.05) is 57.2 Å². The van der Waals surface area contributed by atoms with Gasteiger partial charge < -0.3 is 4.74 Å². The Morgan fingerprint density at radius 1 is 0.765 bits per heavy atom. The molecule has 0 radical (unpaired) electrons. The zero-order chi connectivity index (χ0) is 23.2. The first kappa shape index (κ1) is 23.2. The van der Waals surface area contributed by atoms with Gasteiger partial charge in [-0.3, -0.25) is 0 Å². The fourth-order valence-electron chi connectivity index (χ4n) is 4.20. The molecule has 0 aliphatic heterocycles. The van der Waals surface area contributed by atoms with Crippen LogP contribution in [0.1, 0.15) is 45.4 Å². The number of fused-ring (bicyclic) bond motifs is 1. The second kappa shape index (κ2) is 11.3. The molecule has 0 fully saturated rings. The number of ether oxygens (including phenoxy) is 1. The maximum Gasteiger partial charge on any atom is 0.119 e. The summed E-state index contributed by atoms with van der Waals surface area (Å²) in [5.74, 6) is 0.948. The van der Waals surface area contributed by atoms with E-state index in [1.165, 1.54) is 70.3 Å². The summed E-state index contributed by atoms with van der Waals surface area (Å²) in [6, 6.07) is 19.4. The predicted octanol–water partition coefficient (Wildman–Crippen LogP) is 9.55. The summed E-state index contributed by atoms with van der Waals surface area (Å²) in [6.07, 6.45) is 7.67. The van der Waals surface area contributed by atoms with Gasteiger partial charge in [0.2, 0.25) is 0 Å². The molecule has 2 aromatic carbocycles. The Bertz CT molecular complexity index is 1320. The van der Waals surface area contributed by atoms with Gasteiger partial charge in [0.1, 0.15) is 16.8 Å². The molecule has 0 bridgehead atoms. The molecule has 5 aromatic rings. The van der Waals surface area contributed by atoms with Gasteiger partial charge in [0.15, 0.2) is 0 Å². The maximum absolute atomic E-state index is 5.99. The van der Waals surface area contributed by atoms with E-state index in [0.29, 0.717) is 0 Å². The molecule has 0 spiro atoms. The summed E-state index contributed by atoms with van der Waals surface area (Å²) in [4.78, 5) is 2.48. The van der Waals surface area contributed by atoms with E-state index in [9.17, 15) is 0 Å². The molecule has 0 amide bonds. The van der Waals surface area contributed by atoms with Crippen molar-refractivity contribution in [3.05, 3.63) is 65.4 Å². The lowest BCUT2D eigenvalue weighted by atomic mass is 10.00. The van der Waals surface area contributed by atoms with Crippen LogP contribution >= 0.6 is 34.4 Å². The molecule has 6 heteroatoms. The quantitative estimate of drug-likeness (QED) is 0.168. The fourth-order valence-corrected chi connectivity index (χ4v) is 6.40. The second-order valence-corrected chi connectivity index (χ2v) is 10.8. The smallest absolute Gasteiger partial charge is 0.119 e. The van der Waals surface area contributed by atoms with Crippen LogP contribution in [0.4, 0.5) is 0 Å². The number of hydrogen-bond donors (Lipinski definition) is 0. The Kier molecular flexibility index (Phi) is 7.69. The zero-order valence-corrected chi connectivity index (χ0v) is 21.8. The van der Waals surface area contributed by atoms with Crippen LogP contribution in [-0.4, -0.2) is 15.4 Å². The fraction of sp³-hybridized carbons (Fsp3) is 0.286. The molecule has 0 unspecified atom stereocenters. The van der Waals surface area contributed by atoms with Crippen LogP contribution in [0.3, 0.4) is 0 Å². The van der Waals surface area contributed by atoms with Crippen LogP contribution in [0.15, 0.2) is 65.4 Å². The predicted molar refractivity (Wildman–Crippen MR) is 148 cm³/mol. The average Bonchev–Trinajstić information content (AvgIpc) is 3.65. The lowest BCUT2D eigenvalue weighted by Crippen LogP contribution is -1.97. The standard InChI is InChI=1S/C28H28N2OS3/c1-2-3-4-5-6-7-15-31-22-12-10-20(11-13-22)23-14-17-33-28(23)21-18-24(26-9-8-16-32-26)27-25(19-21)29-34-30-27/h8-14,16-19H,2-7,15H2,1H3. The summed E-state index contributed by atoms with van der Waals surface area (Å²) in [6.45, 7) is 3.05. The van der Waals surface area contributed by atoms with E-state index in [0.717, 1.165) is 35.4 Å². The Balaban J connectivity index is 1.33. The molecule has 3 nitrogen and oxygen atoms in total. The van der Waals surface area contributed by atoms with E-state index < -0.39 is 0 Å². The van der Waals surface area contributed by atoms with Crippen molar-refractivity contribution in [1.82, 2.24) is 8.75 Å². The van der Waals surface area contributed by atoms with Crippen molar-refractivity contribution in [2.24, 2.45) is 0 Å². The van der Waals surface area contributed by atoms with Gasteiger partial charge in [-0.25, -0.2) is 0 Å². The van der Waals surface area contributed by atoms with Crippen LogP contribution in [0, 0.1) is 0 Å². The molecule has 0 N–H and O–H groups in total. The minimum atomic E-state index is 0.794. The minimum absolute atomic E-state index is 0.794. The first-order valence-electron chi connectivity index (χ1n) is 11.9. The van der Waals surface area contributed by atoms with Crippen molar-refractivity contribution in [2.45, 2.75) is 45.4 Å². The zero-order valence-electron chi connectivity index (χ0n) is 19.3. The normalized spacial score (nSPS) is 11.3.